The monoisotopic (exact) mass is 285 g/mol. The van der Waals surface area contributed by atoms with Crippen LogP contribution in [0.15, 0.2) is 36.4 Å². The number of rotatable bonds is 5. The maximum atomic E-state index is 9.14. The first-order chi connectivity index (χ1) is 10.2. The lowest BCUT2D eigenvalue weighted by atomic mass is 10.2. The van der Waals surface area contributed by atoms with E-state index in [9.17, 15) is 0 Å². The van der Waals surface area contributed by atoms with E-state index in [4.69, 9.17) is 24.2 Å². The lowest BCUT2D eigenvalue weighted by Crippen LogP contribution is -1.93. The van der Waals surface area contributed by atoms with Gasteiger partial charge < -0.3 is 18.9 Å². The number of methoxy groups -OCH3 is 3. The summed E-state index contributed by atoms with van der Waals surface area (Å²) in [5.74, 6) is 2.73. The van der Waals surface area contributed by atoms with Crippen molar-refractivity contribution >= 4 is 0 Å². The molecule has 0 saturated heterocycles. The Morgan fingerprint density at radius 3 is 1.86 bits per heavy atom. The highest BCUT2D eigenvalue weighted by Gasteiger charge is 2.09. The molecule has 0 aliphatic heterocycles. The zero-order chi connectivity index (χ0) is 15.2. The van der Waals surface area contributed by atoms with Crippen LogP contribution in [-0.2, 0) is 0 Å². The number of nitrogens with zero attached hydrogens (tertiary/aromatic N) is 1. The molecule has 2 rings (SSSR count). The van der Waals surface area contributed by atoms with E-state index in [1.54, 1.807) is 57.7 Å². The van der Waals surface area contributed by atoms with Crippen LogP contribution < -0.4 is 18.9 Å². The number of hydrogen-bond donors (Lipinski definition) is 0. The first-order valence-corrected chi connectivity index (χ1v) is 6.19. The molecule has 0 aliphatic rings. The highest BCUT2D eigenvalue weighted by molar-refractivity contribution is 5.51. The molecule has 5 nitrogen and oxygen atoms in total. The van der Waals surface area contributed by atoms with E-state index in [0.29, 0.717) is 34.3 Å². The summed E-state index contributed by atoms with van der Waals surface area (Å²) < 4.78 is 21.3. The van der Waals surface area contributed by atoms with E-state index in [1.165, 1.54) is 0 Å². The Kier molecular flexibility index (Phi) is 4.52. The lowest BCUT2D eigenvalue weighted by Gasteiger charge is -2.11. The number of benzene rings is 2. The fraction of sp³-hybridized carbons (Fsp3) is 0.188. The second kappa shape index (κ2) is 6.53. The van der Waals surface area contributed by atoms with Gasteiger partial charge >= 0.3 is 0 Å². The molecular formula is C16H15NO4. The molecule has 0 aliphatic carbocycles. The topological polar surface area (TPSA) is 60.7 Å². The molecule has 0 aromatic heterocycles. The Morgan fingerprint density at radius 2 is 1.33 bits per heavy atom. The Morgan fingerprint density at radius 1 is 0.762 bits per heavy atom. The average molecular weight is 285 g/mol. The molecule has 0 atom stereocenters. The third-order valence-electron chi connectivity index (χ3n) is 2.86. The van der Waals surface area contributed by atoms with Crippen LogP contribution in [0.3, 0.4) is 0 Å². The summed E-state index contributed by atoms with van der Waals surface area (Å²) in [6.45, 7) is 0. The summed E-state index contributed by atoms with van der Waals surface area (Å²) in [4.78, 5) is 0. The van der Waals surface area contributed by atoms with Gasteiger partial charge in [-0.05, 0) is 12.1 Å². The predicted octanol–water partition coefficient (Wildman–Crippen LogP) is 3.38. The van der Waals surface area contributed by atoms with Crippen molar-refractivity contribution in [1.29, 1.82) is 5.26 Å². The summed E-state index contributed by atoms with van der Waals surface area (Å²) in [7, 11) is 4.68. The first kappa shape index (κ1) is 14.5. The summed E-state index contributed by atoms with van der Waals surface area (Å²) in [5, 5.41) is 9.14. The van der Waals surface area contributed by atoms with Gasteiger partial charge in [0.1, 0.15) is 34.8 Å². The van der Waals surface area contributed by atoms with Crippen LogP contribution in [0, 0.1) is 11.3 Å². The van der Waals surface area contributed by atoms with E-state index in [2.05, 4.69) is 6.07 Å². The molecule has 0 radical (unpaired) electrons. The molecule has 5 heteroatoms. The standard InChI is InChI=1S/C16H15NO4/c1-18-12-5-4-11(10-17)16(9-12)21-15-7-13(19-2)6-14(8-15)20-3/h4-9H,1-3H3. The van der Waals surface area contributed by atoms with Crippen molar-refractivity contribution in [3.8, 4) is 34.8 Å². The smallest absolute Gasteiger partial charge is 0.148 e. The molecule has 0 spiro atoms. The van der Waals surface area contributed by atoms with Crippen LogP contribution in [0.25, 0.3) is 0 Å². The van der Waals surface area contributed by atoms with E-state index in [-0.39, 0.29) is 0 Å². The van der Waals surface area contributed by atoms with Crippen molar-refractivity contribution in [2.75, 3.05) is 21.3 Å². The van der Waals surface area contributed by atoms with E-state index in [1.807, 2.05) is 0 Å². The molecule has 0 amide bonds. The van der Waals surface area contributed by atoms with Gasteiger partial charge in [0.2, 0.25) is 0 Å². The van der Waals surface area contributed by atoms with Gasteiger partial charge in [-0.25, -0.2) is 0 Å². The minimum absolute atomic E-state index is 0.409. The summed E-state index contributed by atoms with van der Waals surface area (Å²) in [6.07, 6.45) is 0. The number of nitriles is 1. The normalized spacial score (nSPS) is 9.62. The minimum atomic E-state index is 0.409. The quantitative estimate of drug-likeness (QED) is 0.842. The molecule has 0 N–H and O–H groups in total. The largest absolute Gasteiger partial charge is 0.497 e. The van der Waals surface area contributed by atoms with Crippen molar-refractivity contribution in [2.45, 2.75) is 0 Å². The highest BCUT2D eigenvalue weighted by atomic mass is 16.5. The van der Waals surface area contributed by atoms with E-state index in [0.717, 1.165) is 0 Å². The van der Waals surface area contributed by atoms with Gasteiger partial charge in [0.05, 0.1) is 26.9 Å². The number of ether oxygens (including phenoxy) is 4. The second-order valence-corrected chi connectivity index (χ2v) is 4.12. The molecular weight excluding hydrogens is 270 g/mol. The Bertz CT molecular complexity index is 654. The van der Waals surface area contributed by atoms with Crippen LogP contribution in [0.4, 0.5) is 0 Å². The molecule has 0 fully saturated rings. The zero-order valence-corrected chi connectivity index (χ0v) is 12.0. The maximum absolute atomic E-state index is 9.14. The van der Waals surface area contributed by atoms with Gasteiger partial charge in [0.25, 0.3) is 0 Å². The molecule has 2 aromatic carbocycles. The van der Waals surface area contributed by atoms with Crippen molar-refractivity contribution in [2.24, 2.45) is 0 Å². The molecule has 0 heterocycles. The van der Waals surface area contributed by atoms with Crippen LogP contribution >= 0.6 is 0 Å². The molecule has 0 saturated carbocycles. The van der Waals surface area contributed by atoms with Crippen LogP contribution in [0.2, 0.25) is 0 Å². The Labute approximate surface area is 123 Å². The number of hydrogen-bond acceptors (Lipinski definition) is 5. The molecule has 108 valence electrons. The van der Waals surface area contributed by atoms with Crippen molar-refractivity contribution in [1.82, 2.24) is 0 Å². The van der Waals surface area contributed by atoms with Crippen LogP contribution in [0.5, 0.6) is 28.7 Å². The molecule has 0 unspecified atom stereocenters. The summed E-state index contributed by atoms with van der Waals surface area (Å²) in [5.41, 5.74) is 0.414. The van der Waals surface area contributed by atoms with Crippen LogP contribution in [-0.4, -0.2) is 21.3 Å². The van der Waals surface area contributed by atoms with E-state index >= 15 is 0 Å². The van der Waals surface area contributed by atoms with E-state index < -0.39 is 0 Å². The summed E-state index contributed by atoms with van der Waals surface area (Å²) >= 11 is 0. The van der Waals surface area contributed by atoms with Crippen LogP contribution in [0.1, 0.15) is 5.56 Å². The van der Waals surface area contributed by atoms with Crippen molar-refractivity contribution in [3.05, 3.63) is 42.0 Å². The van der Waals surface area contributed by atoms with Gasteiger partial charge in [-0.15, -0.1) is 0 Å². The zero-order valence-electron chi connectivity index (χ0n) is 12.0. The summed E-state index contributed by atoms with van der Waals surface area (Å²) in [6, 6.07) is 12.3. The lowest BCUT2D eigenvalue weighted by molar-refractivity contribution is 0.385. The third-order valence-corrected chi connectivity index (χ3v) is 2.86. The van der Waals surface area contributed by atoms with Gasteiger partial charge in [0, 0.05) is 24.3 Å². The third kappa shape index (κ3) is 3.37. The average Bonchev–Trinajstić information content (AvgIpc) is 2.54. The second-order valence-electron chi connectivity index (χ2n) is 4.12. The van der Waals surface area contributed by atoms with Crippen molar-refractivity contribution in [3.63, 3.8) is 0 Å². The highest BCUT2D eigenvalue weighted by Crippen LogP contribution is 2.33. The fourth-order valence-corrected chi connectivity index (χ4v) is 1.77. The Hall–Kier alpha value is -2.87. The molecule has 0 bridgehead atoms. The fourth-order valence-electron chi connectivity index (χ4n) is 1.77. The minimum Gasteiger partial charge on any atom is -0.497 e. The van der Waals surface area contributed by atoms with Gasteiger partial charge in [-0.1, -0.05) is 0 Å². The van der Waals surface area contributed by atoms with Gasteiger partial charge in [0.15, 0.2) is 0 Å². The molecule has 2 aromatic rings. The maximum Gasteiger partial charge on any atom is 0.148 e. The Balaban J connectivity index is 2.39. The first-order valence-electron chi connectivity index (χ1n) is 6.19. The van der Waals surface area contributed by atoms with Crippen molar-refractivity contribution < 1.29 is 18.9 Å². The van der Waals surface area contributed by atoms with Gasteiger partial charge in [-0.2, -0.15) is 5.26 Å². The molecule has 21 heavy (non-hydrogen) atoms. The van der Waals surface area contributed by atoms with Gasteiger partial charge in [-0.3, -0.25) is 0 Å². The predicted molar refractivity (Wildman–Crippen MR) is 77.3 cm³/mol. The SMILES string of the molecule is COc1cc(OC)cc(Oc2cc(OC)ccc2C#N)c1.